The predicted molar refractivity (Wildman–Crippen MR) is 183 cm³/mol. The number of aliphatic hydroxyl groups is 2. The first kappa shape index (κ1) is 28.9. The van der Waals surface area contributed by atoms with Crippen molar-refractivity contribution < 1.29 is 10.2 Å². The van der Waals surface area contributed by atoms with E-state index in [-0.39, 0.29) is 13.2 Å². The van der Waals surface area contributed by atoms with Crippen LogP contribution in [-0.2, 0) is 12.8 Å². The number of hydrogen-bond donors (Lipinski definition) is 2. The highest BCUT2D eigenvalue weighted by atomic mass is 16.3. The smallest absolute Gasteiger partial charge is 0.0497 e. The molecule has 0 spiro atoms. The number of rotatable bonds is 11. The number of aliphatic hydroxyl groups excluding tert-OH is 2. The molecule has 0 atom stereocenters. The van der Waals surface area contributed by atoms with Gasteiger partial charge in [0, 0.05) is 47.3 Å². The highest BCUT2D eigenvalue weighted by Crippen LogP contribution is 2.42. The molecule has 2 N–H and O–H groups in total. The SMILES string of the molecule is OCCc1c(-c2ccc(N(c3ccccc3)c3ccccc3)cc2)ccc(N(c2ccccc2)c2ccccc2)c1CCO. The van der Waals surface area contributed by atoms with Gasteiger partial charge in [0.25, 0.3) is 0 Å². The second-order valence-electron chi connectivity index (χ2n) is 10.6. The number of nitrogens with zero attached hydrogens (tertiary/aromatic N) is 2. The molecule has 0 saturated carbocycles. The molecule has 6 aromatic rings. The second-order valence-corrected chi connectivity index (χ2v) is 10.6. The van der Waals surface area contributed by atoms with E-state index in [0.29, 0.717) is 12.8 Å². The van der Waals surface area contributed by atoms with E-state index in [1.165, 1.54) is 0 Å². The number of para-hydroxylation sites is 4. The third-order valence-corrected chi connectivity index (χ3v) is 7.87. The first-order valence-electron chi connectivity index (χ1n) is 15.1. The lowest BCUT2D eigenvalue weighted by Gasteiger charge is -2.30. The first-order valence-corrected chi connectivity index (χ1v) is 15.1. The number of hydrogen-bond acceptors (Lipinski definition) is 4. The minimum absolute atomic E-state index is 0.00828. The van der Waals surface area contributed by atoms with E-state index in [4.69, 9.17) is 0 Å². The van der Waals surface area contributed by atoms with Crippen molar-refractivity contribution in [1.29, 1.82) is 0 Å². The summed E-state index contributed by atoms with van der Waals surface area (Å²) in [5.41, 5.74) is 10.5. The summed E-state index contributed by atoms with van der Waals surface area (Å²) in [5, 5.41) is 20.5. The van der Waals surface area contributed by atoms with Gasteiger partial charge in [0.15, 0.2) is 0 Å². The molecule has 0 aliphatic carbocycles. The predicted octanol–water partition coefficient (Wildman–Crippen LogP) is 9.36. The zero-order valence-corrected chi connectivity index (χ0v) is 24.6. The van der Waals surface area contributed by atoms with Crippen molar-refractivity contribution >= 4 is 34.1 Å². The van der Waals surface area contributed by atoms with Gasteiger partial charge >= 0.3 is 0 Å². The fraction of sp³-hybridized carbons (Fsp3) is 0.100. The van der Waals surface area contributed by atoms with Crippen LogP contribution < -0.4 is 9.80 Å². The third-order valence-electron chi connectivity index (χ3n) is 7.87. The molecule has 44 heavy (non-hydrogen) atoms. The Kier molecular flexibility index (Phi) is 9.12. The molecule has 6 rings (SSSR count). The van der Waals surface area contributed by atoms with Crippen molar-refractivity contribution in [3.63, 3.8) is 0 Å². The Labute approximate surface area is 259 Å². The summed E-state index contributed by atoms with van der Waals surface area (Å²) < 4.78 is 0. The van der Waals surface area contributed by atoms with Crippen LogP contribution in [0, 0.1) is 0 Å². The fourth-order valence-corrected chi connectivity index (χ4v) is 5.92. The molecule has 4 nitrogen and oxygen atoms in total. The molecule has 4 heteroatoms. The molecule has 0 unspecified atom stereocenters. The maximum atomic E-state index is 10.2. The summed E-state index contributed by atoms with van der Waals surface area (Å²) >= 11 is 0. The minimum atomic E-state index is 0.00828. The summed E-state index contributed by atoms with van der Waals surface area (Å²) in [6, 6.07) is 54.2. The van der Waals surface area contributed by atoms with Gasteiger partial charge in [0.1, 0.15) is 0 Å². The van der Waals surface area contributed by atoms with Crippen LogP contribution in [0.2, 0.25) is 0 Å². The lowest BCUT2D eigenvalue weighted by molar-refractivity contribution is 0.293. The van der Waals surface area contributed by atoms with Crippen molar-refractivity contribution in [1.82, 2.24) is 0 Å². The lowest BCUT2D eigenvalue weighted by atomic mass is 9.90. The molecule has 0 aromatic heterocycles. The van der Waals surface area contributed by atoms with Gasteiger partial charge in [-0.2, -0.15) is 0 Å². The molecule has 0 fully saturated rings. The van der Waals surface area contributed by atoms with Crippen molar-refractivity contribution in [2.24, 2.45) is 0 Å². The average molecular weight is 577 g/mol. The monoisotopic (exact) mass is 576 g/mol. The van der Waals surface area contributed by atoms with E-state index in [0.717, 1.165) is 56.4 Å². The molecule has 218 valence electrons. The average Bonchev–Trinajstić information content (AvgIpc) is 3.09. The summed E-state index contributed by atoms with van der Waals surface area (Å²) in [6.07, 6.45) is 0.959. The van der Waals surface area contributed by atoms with Crippen molar-refractivity contribution in [3.05, 3.63) is 169 Å². The van der Waals surface area contributed by atoms with Gasteiger partial charge < -0.3 is 20.0 Å². The van der Waals surface area contributed by atoms with Crippen LogP contribution in [0.1, 0.15) is 11.1 Å². The molecule has 0 aliphatic heterocycles. The Bertz CT molecular complexity index is 1680. The molecule has 0 radical (unpaired) electrons. The highest BCUT2D eigenvalue weighted by Gasteiger charge is 2.21. The van der Waals surface area contributed by atoms with Gasteiger partial charge in [0.05, 0.1) is 0 Å². The van der Waals surface area contributed by atoms with Gasteiger partial charge in [-0.3, -0.25) is 0 Å². The minimum Gasteiger partial charge on any atom is -0.396 e. The quantitative estimate of drug-likeness (QED) is 0.161. The molecule has 0 saturated heterocycles. The number of anilines is 6. The first-order chi connectivity index (χ1) is 21.8. The van der Waals surface area contributed by atoms with Crippen LogP contribution in [0.15, 0.2) is 158 Å². The van der Waals surface area contributed by atoms with E-state index in [9.17, 15) is 10.2 Å². The standard InChI is InChI=1S/C40H36N2O2/c43-29-27-38-37(31-21-23-36(24-22-31)41(32-13-5-1-6-14-32)33-15-7-2-8-16-33)25-26-40(39(38)28-30-44)42(34-17-9-3-10-18-34)35-19-11-4-12-20-35/h1-26,43-44H,27-30H2. The fourth-order valence-electron chi connectivity index (χ4n) is 5.92. The van der Waals surface area contributed by atoms with E-state index < -0.39 is 0 Å². The third kappa shape index (κ3) is 6.13. The molecule has 0 aliphatic rings. The summed E-state index contributed by atoms with van der Waals surface area (Å²) in [6.45, 7) is 0.0216. The van der Waals surface area contributed by atoms with Crippen molar-refractivity contribution in [2.45, 2.75) is 12.8 Å². The Balaban J connectivity index is 1.46. The van der Waals surface area contributed by atoms with Crippen LogP contribution >= 0.6 is 0 Å². The Morgan fingerprint density at radius 2 is 0.750 bits per heavy atom. The van der Waals surface area contributed by atoms with E-state index >= 15 is 0 Å². The highest BCUT2D eigenvalue weighted by molar-refractivity contribution is 5.84. The maximum absolute atomic E-state index is 10.2. The summed E-state index contributed by atoms with van der Waals surface area (Å²) in [4.78, 5) is 4.48. The zero-order chi connectivity index (χ0) is 30.1. The lowest BCUT2D eigenvalue weighted by Crippen LogP contribution is -2.15. The van der Waals surface area contributed by atoms with Gasteiger partial charge in [-0.25, -0.2) is 0 Å². The topological polar surface area (TPSA) is 46.9 Å². The van der Waals surface area contributed by atoms with Crippen molar-refractivity contribution in [2.75, 3.05) is 23.0 Å². The van der Waals surface area contributed by atoms with E-state index in [2.05, 4.69) is 119 Å². The molecule has 6 aromatic carbocycles. The molecule has 0 bridgehead atoms. The zero-order valence-electron chi connectivity index (χ0n) is 24.6. The van der Waals surface area contributed by atoms with Gasteiger partial charge in [-0.15, -0.1) is 0 Å². The van der Waals surface area contributed by atoms with E-state index in [1.807, 2.05) is 48.5 Å². The molecule has 0 amide bonds. The van der Waals surface area contributed by atoms with Crippen LogP contribution in [0.4, 0.5) is 34.1 Å². The maximum Gasteiger partial charge on any atom is 0.0497 e. The van der Waals surface area contributed by atoms with Crippen LogP contribution in [0.5, 0.6) is 0 Å². The van der Waals surface area contributed by atoms with Crippen LogP contribution in [-0.4, -0.2) is 23.4 Å². The molecular weight excluding hydrogens is 540 g/mol. The summed E-state index contributed by atoms with van der Waals surface area (Å²) in [5.74, 6) is 0. The van der Waals surface area contributed by atoms with Crippen LogP contribution in [0.3, 0.4) is 0 Å². The largest absolute Gasteiger partial charge is 0.396 e. The van der Waals surface area contributed by atoms with Gasteiger partial charge in [-0.05, 0) is 102 Å². The molecular formula is C40H36N2O2. The Morgan fingerprint density at radius 3 is 1.18 bits per heavy atom. The second kappa shape index (κ2) is 13.9. The number of benzene rings is 6. The van der Waals surface area contributed by atoms with Crippen LogP contribution in [0.25, 0.3) is 11.1 Å². The Morgan fingerprint density at radius 1 is 0.364 bits per heavy atom. The van der Waals surface area contributed by atoms with Gasteiger partial charge in [-0.1, -0.05) is 91.0 Å². The van der Waals surface area contributed by atoms with E-state index in [1.54, 1.807) is 0 Å². The molecule has 0 heterocycles. The van der Waals surface area contributed by atoms with Crippen molar-refractivity contribution in [3.8, 4) is 11.1 Å². The Hall–Kier alpha value is -5.16. The normalized spacial score (nSPS) is 10.9. The van der Waals surface area contributed by atoms with Gasteiger partial charge in [0.2, 0.25) is 0 Å². The summed E-state index contributed by atoms with van der Waals surface area (Å²) in [7, 11) is 0.